The Morgan fingerprint density at radius 3 is 2.86 bits per heavy atom. The minimum atomic E-state index is -0.326. The van der Waals surface area contributed by atoms with Crippen molar-refractivity contribution >= 4 is 40.1 Å². The molecule has 0 spiro atoms. The first-order chi connectivity index (χ1) is 13.5. The molecule has 2 heterocycles. The Morgan fingerprint density at radius 1 is 1.36 bits per heavy atom. The van der Waals surface area contributed by atoms with Gasteiger partial charge in [0.1, 0.15) is 11.9 Å². The summed E-state index contributed by atoms with van der Waals surface area (Å²) in [7, 11) is 0. The molecule has 7 nitrogen and oxygen atoms in total. The van der Waals surface area contributed by atoms with Gasteiger partial charge in [-0.1, -0.05) is 17.7 Å². The lowest BCUT2D eigenvalue weighted by atomic mass is 10.1. The number of thiazole rings is 1. The van der Waals surface area contributed by atoms with E-state index in [9.17, 15) is 9.59 Å². The number of anilines is 1. The Kier molecular flexibility index (Phi) is 7.11. The van der Waals surface area contributed by atoms with Crippen molar-refractivity contribution in [2.45, 2.75) is 32.3 Å². The first-order valence-corrected chi connectivity index (χ1v) is 10.4. The topological polar surface area (TPSA) is 80.8 Å². The molecule has 1 aliphatic heterocycles. The molecule has 1 saturated heterocycles. The minimum Gasteiger partial charge on any atom is -0.490 e. The molecule has 0 unspecified atom stereocenters. The van der Waals surface area contributed by atoms with E-state index in [4.69, 9.17) is 21.1 Å². The van der Waals surface area contributed by atoms with Crippen LogP contribution >= 0.6 is 22.9 Å². The van der Waals surface area contributed by atoms with Crippen LogP contribution in [0.2, 0.25) is 5.02 Å². The molecule has 2 amide bonds. The molecule has 3 rings (SSSR count). The number of carbonyl (C=O) groups is 2. The zero-order valence-electron chi connectivity index (χ0n) is 15.5. The Balaban J connectivity index is 1.45. The lowest BCUT2D eigenvalue weighted by Crippen LogP contribution is -2.43. The average molecular weight is 424 g/mol. The Hall–Kier alpha value is -2.32. The molecule has 0 bridgehead atoms. The standard InChI is InChI=1S/C19H22ClN3O4S/c1-2-26-17(24)11-14-12-28-18(21-14)22-19(25)23-8-6-15(7-9-23)27-16-5-3-4-13(20)10-16/h3-5,10,12,15H,2,6-9,11H2,1H3,(H,21,22,25). The van der Waals surface area contributed by atoms with Crippen LogP contribution in [-0.2, 0) is 16.0 Å². The number of rotatable bonds is 6. The number of hydrogen-bond acceptors (Lipinski definition) is 6. The van der Waals surface area contributed by atoms with Crippen LogP contribution in [0, 0.1) is 0 Å². The van der Waals surface area contributed by atoms with Gasteiger partial charge in [0.15, 0.2) is 5.13 Å². The van der Waals surface area contributed by atoms with E-state index in [0.717, 1.165) is 18.6 Å². The average Bonchev–Trinajstić information content (AvgIpc) is 3.09. The van der Waals surface area contributed by atoms with Crippen LogP contribution in [0.5, 0.6) is 5.75 Å². The summed E-state index contributed by atoms with van der Waals surface area (Å²) in [5.74, 6) is 0.416. The molecule has 9 heteroatoms. The van der Waals surface area contributed by atoms with Crippen molar-refractivity contribution < 1.29 is 19.1 Å². The van der Waals surface area contributed by atoms with Gasteiger partial charge in [0.2, 0.25) is 0 Å². The number of esters is 1. The summed E-state index contributed by atoms with van der Waals surface area (Å²) in [4.78, 5) is 30.0. The quantitative estimate of drug-likeness (QED) is 0.711. The van der Waals surface area contributed by atoms with Crippen LogP contribution in [-0.4, -0.2) is 47.7 Å². The van der Waals surface area contributed by atoms with Gasteiger partial charge in [-0.25, -0.2) is 9.78 Å². The van der Waals surface area contributed by atoms with Crippen LogP contribution < -0.4 is 10.1 Å². The smallest absolute Gasteiger partial charge is 0.323 e. The fraction of sp³-hybridized carbons (Fsp3) is 0.421. The van der Waals surface area contributed by atoms with Gasteiger partial charge in [-0.3, -0.25) is 10.1 Å². The Bertz CT molecular complexity index is 821. The third kappa shape index (κ3) is 5.84. The van der Waals surface area contributed by atoms with E-state index in [1.54, 1.807) is 29.3 Å². The number of nitrogens with one attached hydrogen (secondary N) is 1. The molecule has 0 aliphatic carbocycles. The highest BCUT2D eigenvalue weighted by atomic mass is 35.5. The summed E-state index contributed by atoms with van der Waals surface area (Å²) in [6.45, 7) is 3.29. The van der Waals surface area contributed by atoms with E-state index in [2.05, 4.69) is 10.3 Å². The molecule has 0 saturated carbocycles. The number of hydrogen-bond donors (Lipinski definition) is 1. The van der Waals surface area contributed by atoms with E-state index in [0.29, 0.717) is 35.5 Å². The summed E-state index contributed by atoms with van der Waals surface area (Å²) in [5, 5.41) is 5.65. The molecule has 0 atom stereocenters. The number of piperidine rings is 1. The van der Waals surface area contributed by atoms with Gasteiger partial charge in [0, 0.05) is 36.3 Å². The first-order valence-electron chi connectivity index (χ1n) is 9.11. The number of halogens is 1. The maximum absolute atomic E-state index is 12.4. The number of ether oxygens (including phenoxy) is 2. The zero-order valence-corrected chi connectivity index (χ0v) is 17.1. The van der Waals surface area contributed by atoms with Gasteiger partial charge >= 0.3 is 12.0 Å². The zero-order chi connectivity index (χ0) is 19.9. The van der Waals surface area contributed by atoms with Gasteiger partial charge in [-0.2, -0.15) is 0 Å². The number of likely N-dealkylation sites (tertiary alicyclic amines) is 1. The molecular formula is C19H22ClN3O4S. The maximum Gasteiger partial charge on any atom is 0.323 e. The molecule has 1 N–H and O–H groups in total. The van der Waals surface area contributed by atoms with Gasteiger partial charge in [0.05, 0.1) is 18.7 Å². The molecule has 1 aliphatic rings. The second kappa shape index (κ2) is 9.75. The lowest BCUT2D eigenvalue weighted by Gasteiger charge is -2.32. The van der Waals surface area contributed by atoms with Crippen LogP contribution in [0.15, 0.2) is 29.6 Å². The number of aromatic nitrogens is 1. The molecule has 28 heavy (non-hydrogen) atoms. The highest BCUT2D eigenvalue weighted by Gasteiger charge is 2.24. The van der Waals surface area contributed by atoms with Crippen molar-refractivity contribution in [2.24, 2.45) is 0 Å². The predicted molar refractivity (Wildman–Crippen MR) is 108 cm³/mol. The summed E-state index contributed by atoms with van der Waals surface area (Å²) in [6, 6.07) is 7.12. The van der Waals surface area contributed by atoms with Crippen LogP contribution in [0.25, 0.3) is 0 Å². The second-order valence-electron chi connectivity index (χ2n) is 6.32. The van der Waals surface area contributed by atoms with Crippen LogP contribution in [0.4, 0.5) is 9.93 Å². The van der Waals surface area contributed by atoms with E-state index >= 15 is 0 Å². The SMILES string of the molecule is CCOC(=O)Cc1csc(NC(=O)N2CCC(Oc3cccc(Cl)c3)CC2)n1. The van der Waals surface area contributed by atoms with Gasteiger partial charge in [0.25, 0.3) is 0 Å². The van der Waals surface area contributed by atoms with Crippen molar-refractivity contribution in [3.8, 4) is 5.75 Å². The van der Waals surface area contributed by atoms with Gasteiger partial charge in [-0.15, -0.1) is 11.3 Å². The molecule has 1 aromatic heterocycles. The van der Waals surface area contributed by atoms with Crippen molar-refractivity contribution in [3.05, 3.63) is 40.4 Å². The summed E-state index contributed by atoms with van der Waals surface area (Å²) >= 11 is 7.27. The summed E-state index contributed by atoms with van der Waals surface area (Å²) in [5.41, 5.74) is 0.590. The van der Waals surface area contributed by atoms with Crippen LogP contribution in [0.1, 0.15) is 25.5 Å². The fourth-order valence-electron chi connectivity index (χ4n) is 2.89. The predicted octanol–water partition coefficient (Wildman–Crippen LogP) is 3.98. The van der Waals surface area contributed by atoms with Crippen molar-refractivity contribution in [1.29, 1.82) is 0 Å². The normalized spacial score (nSPS) is 14.6. The fourth-order valence-corrected chi connectivity index (χ4v) is 3.77. The summed E-state index contributed by atoms with van der Waals surface area (Å²) in [6.07, 6.45) is 1.64. The highest BCUT2D eigenvalue weighted by Crippen LogP contribution is 2.23. The van der Waals surface area contributed by atoms with Crippen LogP contribution in [0.3, 0.4) is 0 Å². The van der Waals surface area contributed by atoms with Gasteiger partial charge < -0.3 is 14.4 Å². The molecule has 150 valence electrons. The molecule has 1 fully saturated rings. The first kappa shape index (κ1) is 20.4. The largest absolute Gasteiger partial charge is 0.490 e. The van der Waals surface area contributed by atoms with E-state index in [-0.39, 0.29) is 24.5 Å². The number of nitrogens with zero attached hydrogens (tertiary/aromatic N) is 2. The van der Waals surface area contributed by atoms with E-state index in [1.807, 2.05) is 12.1 Å². The molecular weight excluding hydrogens is 402 g/mol. The van der Waals surface area contributed by atoms with Crippen molar-refractivity contribution in [2.75, 3.05) is 25.0 Å². The molecule has 2 aromatic rings. The number of amides is 2. The Labute approximate surface area is 172 Å². The third-order valence-electron chi connectivity index (χ3n) is 4.22. The van der Waals surface area contributed by atoms with Crippen molar-refractivity contribution in [3.63, 3.8) is 0 Å². The third-order valence-corrected chi connectivity index (χ3v) is 5.27. The summed E-state index contributed by atoms with van der Waals surface area (Å²) < 4.78 is 10.8. The second-order valence-corrected chi connectivity index (χ2v) is 7.61. The maximum atomic E-state index is 12.4. The van der Waals surface area contributed by atoms with Gasteiger partial charge in [-0.05, 0) is 25.1 Å². The minimum absolute atomic E-state index is 0.0542. The van der Waals surface area contributed by atoms with E-state index < -0.39 is 0 Å². The number of benzene rings is 1. The Morgan fingerprint density at radius 2 is 2.14 bits per heavy atom. The van der Waals surface area contributed by atoms with Crippen molar-refractivity contribution in [1.82, 2.24) is 9.88 Å². The lowest BCUT2D eigenvalue weighted by molar-refractivity contribution is -0.142. The molecule has 1 aromatic carbocycles. The van der Waals surface area contributed by atoms with E-state index in [1.165, 1.54) is 11.3 Å². The highest BCUT2D eigenvalue weighted by molar-refractivity contribution is 7.13. The number of urea groups is 1. The monoisotopic (exact) mass is 423 g/mol. The number of carbonyl (C=O) groups excluding carboxylic acids is 2. The molecule has 0 radical (unpaired) electrons.